The third kappa shape index (κ3) is 3.30. The highest BCUT2D eigenvalue weighted by Crippen LogP contribution is 2.23. The summed E-state index contributed by atoms with van der Waals surface area (Å²) < 4.78 is 12.9. The van der Waals surface area contributed by atoms with Crippen molar-refractivity contribution in [2.24, 2.45) is 11.7 Å². The summed E-state index contributed by atoms with van der Waals surface area (Å²) in [5.41, 5.74) is 7.24. The number of nitrogens with two attached hydrogens (primary N) is 1. The molecular formula is C15H23FN2. The van der Waals surface area contributed by atoms with E-state index < -0.39 is 0 Å². The summed E-state index contributed by atoms with van der Waals surface area (Å²) in [7, 11) is 0. The van der Waals surface area contributed by atoms with Crippen LogP contribution >= 0.6 is 0 Å². The molecule has 1 fully saturated rings. The molecule has 3 unspecified atom stereocenters. The minimum atomic E-state index is -0.203. The first kappa shape index (κ1) is 13.5. The van der Waals surface area contributed by atoms with E-state index in [-0.39, 0.29) is 11.9 Å². The first-order valence-corrected chi connectivity index (χ1v) is 6.81. The number of nitrogens with zero attached hydrogens (tertiary/aromatic N) is 1. The molecule has 0 radical (unpaired) electrons. The lowest BCUT2D eigenvalue weighted by Crippen LogP contribution is -2.44. The van der Waals surface area contributed by atoms with E-state index in [1.54, 1.807) is 12.1 Å². The Morgan fingerprint density at radius 3 is 2.61 bits per heavy atom. The number of hydrogen-bond donors (Lipinski definition) is 1. The fourth-order valence-electron chi connectivity index (χ4n) is 2.70. The molecule has 0 aliphatic carbocycles. The molecule has 0 bridgehead atoms. The van der Waals surface area contributed by atoms with Gasteiger partial charge in [-0.05, 0) is 43.4 Å². The van der Waals surface area contributed by atoms with Crippen molar-refractivity contribution in [3.05, 3.63) is 35.6 Å². The maximum absolute atomic E-state index is 12.9. The zero-order valence-corrected chi connectivity index (χ0v) is 11.3. The highest BCUT2D eigenvalue weighted by molar-refractivity contribution is 5.19. The van der Waals surface area contributed by atoms with Crippen LogP contribution in [-0.4, -0.2) is 24.0 Å². The molecule has 0 saturated carbocycles. The minimum Gasteiger partial charge on any atom is -0.323 e. The third-order valence-corrected chi connectivity index (χ3v) is 3.98. The van der Waals surface area contributed by atoms with Gasteiger partial charge in [0.15, 0.2) is 0 Å². The van der Waals surface area contributed by atoms with Crippen molar-refractivity contribution in [1.82, 2.24) is 4.90 Å². The predicted molar refractivity (Wildman–Crippen MR) is 72.8 cm³/mol. The van der Waals surface area contributed by atoms with E-state index in [0.29, 0.717) is 6.04 Å². The summed E-state index contributed by atoms with van der Waals surface area (Å²) >= 11 is 0. The number of halogens is 1. The Labute approximate surface area is 109 Å². The van der Waals surface area contributed by atoms with Crippen molar-refractivity contribution < 1.29 is 4.39 Å². The van der Waals surface area contributed by atoms with E-state index >= 15 is 0 Å². The van der Waals surface area contributed by atoms with Gasteiger partial charge in [0.1, 0.15) is 5.82 Å². The summed E-state index contributed by atoms with van der Waals surface area (Å²) in [5.74, 6) is 0.549. The Kier molecular flexibility index (Phi) is 4.36. The standard InChI is InChI=1S/C15H23FN2/c1-11-3-4-12(2)18(9-11)10-15(17)13-5-7-14(16)8-6-13/h5-8,11-12,15H,3-4,9-10,17H2,1-2H3. The second kappa shape index (κ2) is 5.81. The Balaban J connectivity index is 1.97. The molecular weight excluding hydrogens is 227 g/mol. The maximum Gasteiger partial charge on any atom is 0.123 e. The summed E-state index contributed by atoms with van der Waals surface area (Å²) in [6.45, 7) is 6.54. The van der Waals surface area contributed by atoms with Crippen LogP contribution in [0.15, 0.2) is 24.3 Å². The molecule has 1 aromatic rings. The zero-order chi connectivity index (χ0) is 13.1. The number of rotatable bonds is 3. The van der Waals surface area contributed by atoms with Crippen molar-refractivity contribution >= 4 is 0 Å². The van der Waals surface area contributed by atoms with Crippen molar-refractivity contribution in [2.45, 2.75) is 38.8 Å². The van der Waals surface area contributed by atoms with Gasteiger partial charge in [0.05, 0.1) is 0 Å². The fourth-order valence-corrected chi connectivity index (χ4v) is 2.70. The molecule has 2 rings (SSSR count). The van der Waals surface area contributed by atoms with Gasteiger partial charge in [-0.1, -0.05) is 19.1 Å². The highest BCUT2D eigenvalue weighted by Gasteiger charge is 2.24. The highest BCUT2D eigenvalue weighted by atomic mass is 19.1. The van der Waals surface area contributed by atoms with Crippen LogP contribution in [0.2, 0.25) is 0 Å². The summed E-state index contributed by atoms with van der Waals surface area (Å²) in [5, 5.41) is 0. The quantitative estimate of drug-likeness (QED) is 0.893. The van der Waals surface area contributed by atoms with Crippen LogP contribution in [0.1, 0.15) is 38.3 Å². The van der Waals surface area contributed by atoms with Gasteiger partial charge in [0.2, 0.25) is 0 Å². The van der Waals surface area contributed by atoms with Crippen molar-refractivity contribution in [3.63, 3.8) is 0 Å². The van der Waals surface area contributed by atoms with Crippen molar-refractivity contribution in [2.75, 3.05) is 13.1 Å². The average Bonchev–Trinajstić information content (AvgIpc) is 2.34. The molecule has 3 atom stereocenters. The Morgan fingerprint density at radius 1 is 1.28 bits per heavy atom. The molecule has 1 heterocycles. The lowest BCUT2D eigenvalue weighted by atomic mass is 9.94. The molecule has 100 valence electrons. The smallest absolute Gasteiger partial charge is 0.123 e. The minimum absolute atomic E-state index is 0.0293. The first-order chi connectivity index (χ1) is 8.56. The predicted octanol–water partition coefficient (Wildman–Crippen LogP) is 2.95. The van der Waals surface area contributed by atoms with E-state index in [4.69, 9.17) is 5.73 Å². The van der Waals surface area contributed by atoms with Gasteiger partial charge in [-0.2, -0.15) is 0 Å². The molecule has 2 nitrogen and oxygen atoms in total. The van der Waals surface area contributed by atoms with Gasteiger partial charge in [-0.25, -0.2) is 4.39 Å². The van der Waals surface area contributed by atoms with E-state index in [2.05, 4.69) is 18.7 Å². The molecule has 1 aliphatic rings. The fraction of sp³-hybridized carbons (Fsp3) is 0.600. The van der Waals surface area contributed by atoms with Gasteiger partial charge in [0, 0.05) is 25.2 Å². The van der Waals surface area contributed by atoms with E-state index in [0.717, 1.165) is 24.6 Å². The Morgan fingerprint density at radius 2 is 1.94 bits per heavy atom. The summed E-state index contributed by atoms with van der Waals surface area (Å²) in [6, 6.07) is 7.12. The topological polar surface area (TPSA) is 29.3 Å². The van der Waals surface area contributed by atoms with Crippen molar-refractivity contribution in [1.29, 1.82) is 0 Å². The number of hydrogen-bond acceptors (Lipinski definition) is 2. The average molecular weight is 250 g/mol. The molecule has 0 amide bonds. The summed E-state index contributed by atoms with van der Waals surface area (Å²) in [6.07, 6.45) is 2.56. The monoisotopic (exact) mass is 250 g/mol. The lowest BCUT2D eigenvalue weighted by Gasteiger charge is -2.38. The van der Waals surface area contributed by atoms with Gasteiger partial charge in [-0.15, -0.1) is 0 Å². The number of likely N-dealkylation sites (tertiary alicyclic amines) is 1. The second-order valence-electron chi connectivity index (χ2n) is 5.64. The molecule has 18 heavy (non-hydrogen) atoms. The molecule has 0 spiro atoms. The van der Waals surface area contributed by atoms with Crippen LogP contribution in [0.4, 0.5) is 4.39 Å². The molecule has 0 aromatic heterocycles. The van der Waals surface area contributed by atoms with E-state index in [1.165, 1.54) is 25.0 Å². The lowest BCUT2D eigenvalue weighted by molar-refractivity contribution is 0.117. The SMILES string of the molecule is CC1CCC(C)N(CC(N)c2ccc(F)cc2)C1. The van der Waals surface area contributed by atoms with Crippen LogP contribution in [-0.2, 0) is 0 Å². The largest absolute Gasteiger partial charge is 0.323 e. The molecule has 1 aliphatic heterocycles. The van der Waals surface area contributed by atoms with Gasteiger partial charge in [0.25, 0.3) is 0 Å². The summed E-state index contributed by atoms with van der Waals surface area (Å²) in [4.78, 5) is 2.46. The van der Waals surface area contributed by atoms with Crippen molar-refractivity contribution in [3.8, 4) is 0 Å². The van der Waals surface area contributed by atoms with Gasteiger partial charge < -0.3 is 5.73 Å². The Bertz CT molecular complexity index is 377. The van der Waals surface area contributed by atoms with Crippen LogP contribution in [0.3, 0.4) is 0 Å². The Hall–Kier alpha value is -0.930. The molecule has 1 saturated heterocycles. The molecule has 2 N–H and O–H groups in total. The second-order valence-corrected chi connectivity index (χ2v) is 5.64. The number of benzene rings is 1. The van der Waals surface area contributed by atoms with Crippen LogP contribution < -0.4 is 5.73 Å². The van der Waals surface area contributed by atoms with Gasteiger partial charge >= 0.3 is 0 Å². The number of piperidine rings is 1. The molecule has 3 heteroatoms. The van der Waals surface area contributed by atoms with Crippen LogP contribution in [0.5, 0.6) is 0 Å². The molecule has 1 aromatic carbocycles. The maximum atomic E-state index is 12.9. The van der Waals surface area contributed by atoms with E-state index in [1.807, 2.05) is 0 Å². The first-order valence-electron chi connectivity index (χ1n) is 6.81. The normalized spacial score (nSPS) is 27.1. The zero-order valence-electron chi connectivity index (χ0n) is 11.3. The van der Waals surface area contributed by atoms with E-state index in [9.17, 15) is 4.39 Å². The van der Waals surface area contributed by atoms with Crippen LogP contribution in [0.25, 0.3) is 0 Å². The van der Waals surface area contributed by atoms with Crippen LogP contribution in [0, 0.1) is 11.7 Å². The third-order valence-electron chi connectivity index (χ3n) is 3.98. The van der Waals surface area contributed by atoms with Gasteiger partial charge in [-0.3, -0.25) is 4.90 Å².